The Labute approximate surface area is 202 Å². The van der Waals surface area contributed by atoms with Gasteiger partial charge in [-0.25, -0.2) is 0 Å². The number of nitrogens with one attached hydrogen (secondary N) is 2. The molecule has 0 aliphatic carbocycles. The van der Waals surface area contributed by atoms with Crippen molar-refractivity contribution in [1.82, 2.24) is 15.5 Å². The molecule has 2 atom stereocenters. The highest BCUT2D eigenvalue weighted by Crippen LogP contribution is 2.26. The average Bonchev–Trinajstić information content (AvgIpc) is 2.88. The first-order valence-electron chi connectivity index (χ1n) is 12.0. The lowest BCUT2D eigenvalue weighted by molar-refractivity contribution is -0.124. The third kappa shape index (κ3) is 6.73. The van der Waals surface area contributed by atoms with Crippen LogP contribution in [0.1, 0.15) is 55.1 Å². The minimum absolute atomic E-state index is 0.0587. The van der Waals surface area contributed by atoms with Crippen molar-refractivity contribution >= 4 is 11.8 Å². The zero-order chi connectivity index (χ0) is 24.5. The van der Waals surface area contributed by atoms with E-state index in [4.69, 9.17) is 9.47 Å². The Morgan fingerprint density at radius 3 is 1.97 bits per heavy atom. The first-order valence-corrected chi connectivity index (χ1v) is 12.0. The van der Waals surface area contributed by atoms with Crippen LogP contribution in [0, 0.1) is 5.92 Å². The Balaban J connectivity index is 1.68. The van der Waals surface area contributed by atoms with Gasteiger partial charge >= 0.3 is 0 Å². The van der Waals surface area contributed by atoms with Crippen molar-refractivity contribution in [2.24, 2.45) is 5.92 Å². The molecular formula is C27H37N3O4. The molecule has 2 amide bonds. The number of amides is 2. The lowest BCUT2D eigenvalue weighted by Crippen LogP contribution is -2.51. The summed E-state index contributed by atoms with van der Waals surface area (Å²) in [7, 11) is 3.24. The molecule has 2 N–H and O–H groups in total. The first-order chi connectivity index (χ1) is 16.4. The summed E-state index contributed by atoms with van der Waals surface area (Å²) in [4.78, 5) is 28.4. The second-order valence-corrected chi connectivity index (χ2v) is 9.05. The molecule has 1 saturated heterocycles. The highest BCUT2D eigenvalue weighted by molar-refractivity contribution is 5.97. The Kier molecular flexibility index (Phi) is 9.33. The van der Waals surface area contributed by atoms with Crippen LogP contribution < -0.4 is 20.1 Å². The van der Waals surface area contributed by atoms with Gasteiger partial charge in [0.1, 0.15) is 17.5 Å². The molecular weight excluding hydrogens is 430 g/mol. The van der Waals surface area contributed by atoms with Crippen LogP contribution in [-0.4, -0.2) is 56.6 Å². The fourth-order valence-electron chi connectivity index (χ4n) is 4.32. The smallest absolute Gasteiger partial charge is 0.251 e. The molecule has 184 valence electrons. The molecule has 1 aliphatic rings. The molecule has 0 aromatic heterocycles. The van der Waals surface area contributed by atoms with Gasteiger partial charge in [0, 0.05) is 12.1 Å². The quantitative estimate of drug-likeness (QED) is 0.556. The molecule has 7 nitrogen and oxygen atoms in total. The van der Waals surface area contributed by atoms with Crippen molar-refractivity contribution in [3.63, 3.8) is 0 Å². The molecule has 0 saturated carbocycles. The molecule has 0 spiro atoms. The molecule has 2 aromatic rings. The van der Waals surface area contributed by atoms with Crippen LogP contribution in [0.5, 0.6) is 11.5 Å². The fourth-order valence-corrected chi connectivity index (χ4v) is 4.32. The number of carbonyl (C=O) groups excluding carboxylic acids is 2. The minimum atomic E-state index is -0.632. The summed E-state index contributed by atoms with van der Waals surface area (Å²) in [6.07, 6.45) is 3.56. The van der Waals surface area contributed by atoms with E-state index in [1.165, 1.54) is 6.42 Å². The topological polar surface area (TPSA) is 79.9 Å². The molecule has 34 heavy (non-hydrogen) atoms. The van der Waals surface area contributed by atoms with E-state index in [0.717, 1.165) is 37.2 Å². The van der Waals surface area contributed by atoms with Gasteiger partial charge in [-0.3, -0.25) is 14.5 Å². The Hall–Kier alpha value is -3.06. The maximum Gasteiger partial charge on any atom is 0.251 e. The molecule has 1 aliphatic heterocycles. The van der Waals surface area contributed by atoms with Crippen molar-refractivity contribution in [3.8, 4) is 11.5 Å². The van der Waals surface area contributed by atoms with Gasteiger partial charge in [0.05, 0.1) is 20.3 Å². The standard InChI is InChI=1S/C27H37N3O4/c1-19(2)25(29-26(31)21-10-14-23(34-4)15-11-21)27(32)28-18-24(30-16-6-5-7-17-30)20-8-12-22(33-3)13-9-20/h8-15,19,24-25H,5-7,16-18H2,1-4H3,(H,28,32)(H,29,31). The molecule has 2 aromatic carbocycles. The van der Waals surface area contributed by atoms with Crippen LogP contribution >= 0.6 is 0 Å². The lowest BCUT2D eigenvalue weighted by atomic mass is 10.00. The van der Waals surface area contributed by atoms with E-state index in [1.807, 2.05) is 26.0 Å². The number of hydrogen-bond acceptors (Lipinski definition) is 5. The highest BCUT2D eigenvalue weighted by atomic mass is 16.5. The fraction of sp³-hybridized carbons (Fsp3) is 0.481. The molecule has 2 unspecified atom stereocenters. The van der Waals surface area contributed by atoms with Crippen LogP contribution in [0.3, 0.4) is 0 Å². The summed E-state index contributed by atoms with van der Waals surface area (Å²) in [5.74, 6) is 0.978. The summed E-state index contributed by atoms with van der Waals surface area (Å²) in [5, 5.41) is 6.02. The third-order valence-electron chi connectivity index (χ3n) is 6.39. The number of benzene rings is 2. The zero-order valence-electron chi connectivity index (χ0n) is 20.7. The number of rotatable bonds is 10. The number of hydrogen-bond donors (Lipinski definition) is 2. The number of likely N-dealkylation sites (tertiary alicyclic amines) is 1. The van der Waals surface area contributed by atoms with Gasteiger partial charge in [0.25, 0.3) is 5.91 Å². The number of piperidine rings is 1. The largest absolute Gasteiger partial charge is 0.497 e. The van der Waals surface area contributed by atoms with E-state index in [-0.39, 0.29) is 23.8 Å². The van der Waals surface area contributed by atoms with E-state index in [1.54, 1.807) is 38.5 Å². The van der Waals surface area contributed by atoms with Crippen molar-refractivity contribution in [3.05, 3.63) is 59.7 Å². The molecule has 1 fully saturated rings. The molecule has 1 heterocycles. The molecule has 3 rings (SSSR count). The number of ether oxygens (including phenoxy) is 2. The van der Waals surface area contributed by atoms with Gasteiger partial charge in [0.15, 0.2) is 0 Å². The van der Waals surface area contributed by atoms with Crippen molar-refractivity contribution in [2.45, 2.75) is 45.2 Å². The van der Waals surface area contributed by atoms with E-state index in [2.05, 4.69) is 27.7 Å². The van der Waals surface area contributed by atoms with E-state index in [9.17, 15) is 9.59 Å². The van der Waals surface area contributed by atoms with Gasteiger partial charge < -0.3 is 20.1 Å². The summed E-state index contributed by atoms with van der Waals surface area (Å²) in [6, 6.07) is 14.3. The zero-order valence-corrected chi connectivity index (χ0v) is 20.7. The van der Waals surface area contributed by atoms with E-state index >= 15 is 0 Å². The van der Waals surface area contributed by atoms with Gasteiger partial charge in [-0.1, -0.05) is 32.4 Å². The van der Waals surface area contributed by atoms with Crippen molar-refractivity contribution in [1.29, 1.82) is 0 Å². The predicted octanol–water partition coefficient (Wildman–Crippen LogP) is 3.80. The first kappa shape index (κ1) is 25.6. The average molecular weight is 468 g/mol. The Morgan fingerprint density at radius 1 is 0.882 bits per heavy atom. The van der Waals surface area contributed by atoms with E-state index < -0.39 is 6.04 Å². The second-order valence-electron chi connectivity index (χ2n) is 9.05. The van der Waals surface area contributed by atoms with Crippen LogP contribution in [-0.2, 0) is 4.79 Å². The number of methoxy groups -OCH3 is 2. The summed E-state index contributed by atoms with van der Waals surface area (Å²) >= 11 is 0. The lowest BCUT2D eigenvalue weighted by Gasteiger charge is -2.35. The maximum atomic E-state index is 13.2. The Morgan fingerprint density at radius 2 is 1.44 bits per heavy atom. The highest BCUT2D eigenvalue weighted by Gasteiger charge is 2.27. The second kappa shape index (κ2) is 12.4. The van der Waals surface area contributed by atoms with Gasteiger partial charge in [-0.15, -0.1) is 0 Å². The minimum Gasteiger partial charge on any atom is -0.497 e. The monoisotopic (exact) mass is 467 g/mol. The summed E-state index contributed by atoms with van der Waals surface area (Å²) in [5.41, 5.74) is 1.63. The van der Waals surface area contributed by atoms with Crippen molar-refractivity contribution < 1.29 is 19.1 Å². The Bertz CT molecular complexity index is 922. The normalized spacial score (nSPS) is 15.9. The SMILES string of the molecule is COc1ccc(C(=O)NC(C(=O)NCC(c2ccc(OC)cc2)N2CCCCC2)C(C)C)cc1. The van der Waals surface area contributed by atoms with E-state index in [0.29, 0.717) is 17.9 Å². The van der Waals surface area contributed by atoms with Crippen molar-refractivity contribution in [2.75, 3.05) is 33.9 Å². The van der Waals surface area contributed by atoms with Crippen LogP contribution in [0.2, 0.25) is 0 Å². The van der Waals surface area contributed by atoms with Crippen LogP contribution in [0.25, 0.3) is 0 Å². The number of nitrogens with zero attached hydrogens (tertiary/aromatic N) is 1. The maximum absolute atomic E-state index is 13.2. The van der Waals surface area contributed by atoms with Crippen LogP contribution in [0.15, 0.2) is 48.5 Å². The third-order valence-corrected chi connectivity index (χ3v) is 6.39. The van der Waals surface area contributed by atoms with Gasteiger partial charge in [0.2, 0.25) is 5.91 Å². The molecule has 0 radical (unpaired) electrons. The van der Waals surface area contributed by atoms with Gasteiger partial charge in [-0.05, 0) is 73.8 Å². The van der Waals surface area contributed by atoms with Crippen LogP contribution in [0.4, 0.5) is 0 Å². The molecule has 0 bridgehead atoms. The molecule has 7 heteroatoms. The predicted molar refractivity (Wildman–Crippen MR) is 133 cm³/mol. The summed E-state index contributed by atoms with van der Waals surface area (Å²) < 4.78 is 10.5. The summed E-state index contributed by atoms with van der Waals surface area (Å²) in [6.45, 7) is 6.36. The number of carbonyl (C=O) groups is 2. The van der Waals surface area contributed by atoms with Gasteiger partial charge in [-0.2, -0.15) is 0 Å².